The fourth-order valence-electron chi connectivity index (χ4n) is 8.74. The molecule has 386 valence electrons. The van der Waals surface area contributed by atoms with Gasteiger partial charge >= 0.3 is 29.7 Å². The van der Waals surface area contributed by atoms with Crippen molar-refractivity contribution in [1.82, 2.24) is 0 Å². The van der Waals surface area contributed by atoms with Crippen molar-refractivity contribution in [2.45, 2.75) is 18.8 Å². The van der Waals surface area contributed by atoms with Gasteiger partial charge in [-0.3, -0.25) is 0 Å². The van der Waals surface area contributed by atoms with Crippen LogP contribution in [0.15, 0.2) is 243 Å². The lowest BCUT2D eigenvalue weighted by molar-refractivity contribution is -0.270. The molecule has 1 unspecified atom stereocenters. The lowest BCUT2D eigenvalue weighted by atomic mass is 9.94. The van der Waals surface area contributed by atoms with E-state index in [1.54, 1.807) is 218 Å². The van der Waals surface area contributed by atoms with Crippen LogP contribution in [0, 0.1) is 45.3 Å². The molecule has 8 aromatic rings. The molecule has 0 aliphatic heterocycles. The molecule has 12 nitrogen and oxygen atoms in total. The van der Waals surface area contributed by atoms with Crippen molar-refractivity contribution in [3.05, 3.63) is 309 Å². The molecule has 80 heavy (non-hydrogen) atoms. The van der Waals surface area contributed by atoms with E-state index in [2.05, 4.69) is 24.3 Å². The highest BCUT2D eigenvalue weighted by Gasteiger charge is 2.48. The van der Waals surface area contributed by atoms with Gasteiger partial charge in [0.2, 0.25) is 0 Å². The van der Waals surface area contributed by atoms with Gasteiger partial charge in [-0.1, -0.05) is 194 Å². The molecule has 1 atom stereocenters. The maximum Gasteiger partial charge on any atom is 0.334 e. The first-order chi connectivity index (χ1) is 39.0. The normalized spacial score (nSPS) is 12.6. The third kappa shape index (κ3) is 13.3. The molecule has 0 radical (unpaired) electrons. The van der Waals surface area contributed by atoms with Crippen molar-refractivity contribution in [3.8, 4) is 24.3 Å². The Kier molecular flexibility index (Phi) is 18.1. The Hall–Kier alpha value is -11.4. The van der Waals surface area contributed by atoms with Crippen LogP contribution in [0.5, 0.6) is 0 Å². The second kappa shape index (κ2) is 26.4. The first-order valence-corrected chi connectivity index (χ1v) is 24.9. The van der Waals surface area contributed by atoms with E-state index in [9.17, 15) is 30.6 Å². The summed E-state index contributed by atoms with van der Waals surface area (Å²) in [6.07, 6.45) is 2.60. The Labute approximate surface area is 462 Å². The summed E-state index contributed by atoms with van der Waals surface area (Å²) < 4.78 is 24.8. The van der Waals surface area contributed by atoms with Crippen LogP contribution < -0.4 is 0 Å². The zero-order valence-electron chi connectivity index (χ0n) is 42.9. The summed E-state index contributed by atoms with van der Waals surface area (Å²) >= 11 is 0. The van der Waals surface area contributed by atoms with Gasteiger partial charge in [0.1, 0.15) is 0 Å². The monoisotopic (exact) mass is 1050 g/mol. The molecule has 0 aliphatic rings. The molecule has 0 saturated carbocycles. The number of benzene rings is 8. The summed E-state index contributed by atoms with van der Waals surface area (Å²) in [6.45, 7) is 0.162. The van der Waals surface area contributed by atoms with Gasteiger partial charge in [0.25, 0.3) is 0 Å². The molecule has 0 amide bonds. The highest BCUT2D eigenvalue weighted by Crippen LogP contribution is 2.33. The van der Waals surface area contributed by atoms with Crippen LogP contribution in [0.2, 0.25) is 0 Å². The Morgan fingerprint density at radius 1 is 0.375 bits per heavy atom. The van der Waals surface area contributed by atoms with Crippen molar-refractivity contribution in [2.75, 3.05) is 6.61 Å². The first kappa shape index (κ1) is 54.8. The van der Waals surface area contributed by atoms with Crippen molar-refractivity contribution >= 4 is 46.2 Å². The second-order valence-corrected chi connectivity index (χ2v) is 17.7. The lowest BCUT2D eigenvalue weighted by Crippen LogP contribution is -2.54. The third-order valence-electron chi connectivity index (χ3n) is 12.6. The molecular formula is C68H46N4O8. The second-order valence-electron chi connectivity index (χ2n) is 17.7. The van der Waals surface area contributed by atoms with Gasteiger partial charge in [0, 0.05) is 46.6 Å². The van der Waals surface area contributed by atoms with Gasteiger partial charge in [0.15, 0.2) is 12.7 Å². The molecule has 0 aliphatic carbocycles. The summed E-state index contributed by atoms with van der Waals surface area (Å²) in [5.41, 5.74) is 5.37. The number of rotatable bonds is 18. The minimum Gasteiger partial charge on any atom is -0.454 e. The first-order valence-electron chi connectivity index (χ1n) is 24.9. The highest BCUT2D eigenvalue weighted by atomic mass is 16.8. The number of hydrogen-bond donors (Lipinski definition) is 0. The number of nitrogens with zero attached hydrogens (tertiary/aromatic N) is 4. The van der Waals surface area contributed by atoms with Crippen LogP contribution in [0.3, 0.4) is 0 Å². The van der Waals surface area contributed by atoms with Crippen molar-refractivity contribution in [3.63, 3.8) is 0 Å². The van der Waals surface area contributed by atoms with Crippen molar-refractivity contribution in [1.29, 1.82) is 21.0 Å². The topological polar surface area (TPSA) is 200 Å². The largest absolute Gasteiger partial charge is 0.454 e. The minimum atomic E-state index is -2.86. The summed E-state index contributed by atoms with van der Waals surface area (Å²) in [6, 6.07) is 69.8. The molecule has 0 fully saturated rings. The van der Waals surface area contributed by atoms with Gasteiger partial charge in [-0.15, -0.1) is 0 Å². The van der Waals surface area contributed by atoms with E-state index in [1.807, 2.05) is 0 Å². The van der Waals surface area contributed by atoms with Crippen LogP contribution in [-0.2, 0) is 38.1 Å². The molecule has 0 saturated heterocycles. The predicted octanol–water partition coefficient (Wildman–Crippen LogP) is 12.3. The fourth-order valence-corrected chi connectivity index (χ4v) is 8.74. The van der Waals surface area contributed by atoms with Crippen LogP contribution >= 0.6 is 0 Å². The van der Waals surface area contributed by atoms with E-state index >= 15 is 9.59 Å². The molecule has 0 bridgehead atoms. The molecule has 12 heteroatoms. The quantitative estimate of drug-likeness (QED) is 0.0341. The number of carbonyl (C=O) groups is 4. The van der Waals surface area contributed by atoms with E-state index in [4.69, 9.17) is 18.9 Å². The van der Waals surface area contributed by atoms with Crippen LogP contribution in [0.25, 0.3) is 22.3 Å². The molecule has 0 heterocycles. The van der Waals surface area contributed by atoms with Crippen LogP contribution in [-0.4, -0.2) is 42.4 Å². The van der Waals surface area contributed by atoms with E-state index in [0.717, 1.165) is 24.3 Å². The summed E-state index contributed by atoms with van der Waals surface area (Å²) in [7, 11) is 0. The van der Waals surface area contributed by atoms with E-state index < -0.39 is 42.4 Å². The van der Waals surface area contributed by atoms with Crippen LogP contribution in [0.4, 0.5) is 0 Å². The van der Waals surface area contributed by atoms with E-state index in [-0.39, 0.29) is 44.5 Å². The zero-order chi connectivity index (χ0) is 56.3. The predicted molar refractivity (Wildman–Crippen MR) is 300 cm³/mol. The van der Waals surface area contributed by atoms with E-state index in [1.165, 1.54) is 6.92 Å². The summed E-state index contributed by atoms with van der Waals surface area (Å²) in [4.78, 5) is 59.2. The van der Waals surface area contributed by atoms with Crippen molar-refractivity contribution < 1.29 is 38.1 Å². The van der Waals surface area contributed by atoms with E-state index in [0.29, 0.717) is 44.5 Å². The standard InChI is InChI=1S/C68H46N4O8/c1-47(78-65(74)39-61(49-24-8-3-9-25-49)57-35-19-15-31-53(57)43-70)68(79-66(75)40-62(50-26-10-4-11-27-50)58-36-20-16-32-54(58)44-71,80-67(76)41-63(51-28-12-5-13-29-51)59-37-21-17-33-55(59)45-72)46-77-64(73)38-60(48-22-6-2-7-23-48)56-34-18-14-30-52(56)42-69/h2-41,47H,46H2,1H3. The van der Waals surface area contributed by atoms with Gasteiger partial charge in [-0.2, -0.15) is 21.0 Å². The number of carbonyl (C=O) groups excluding carboxylic acids is 4. The number of nitriles is 4. The maximum absolute atomic E-state index is 15.0. The SMILES string of the molecule is CC(OC(=O)C=C(c1ccccc1)c1ccccc1C#N)C(COC(=O)C=C(c1ccccc1)c1ccccc1C#N)(OC(=O)C=C(c1ccccc1)c1ccccc1C#N)OC(=O)C=C(c1ccccc1)c1ccccc1C#N. The van der Waals surface area contributed by atoms with Crippen LogP contribution in [0.1, 0.15) is 73.7 Å². The highest BCUT2D eigenvalue weighted by molar-refractivity contribution is 6.01. The smallest absolute Gasteiger partial charge is 0.334 e. The Morgan fingerprint density at radius 2 is 0.625 bits per heavy atom. The van der Waals surface area contributed by atoms with Gasteiger partial charge in [0.05, 0.1) is 46.5 Å². The van der Waals surface area contributed by atoms with Gasteiger partial charge < -0.3 is 18.9 Å². The average molecular weight is 1050 g/mol. The Bertz CT molecular complexity index is 3770. The molecule has 8 rings (SSSR count). The maximum atomic E-state index is 15.0. The average Bonchev–Trinajstić information content (AvgIpc) is 3.52. The third-order valence-corrected chi connectivity index (χ3v) is 12.6. The number of ether oxygens (including phenoxy) is 4. The molecule has 0 aromatic heterocycles. The van der Waals surface area contributed by atoms with Gasteiger partial charge in [-0.25, -0.2) is 19.2 Å². The number of esters is 4. The fraction of sp³-hybridized carbons (Fsp3) is 0.0588. The Balaban J connectivity index is 1.32. The zero-order valence-corrected chi connectivity index (χ0v) is 42.9. The lowest BCUT2D eigenvalue weighted by Gasteiger charge is -2.35. The Morgan fingerprint density at radius 3 is 0.912 bits per heavy atom. The van der Waals surface area contributed by atoms with Gasteiger partial charge in [-0.05, 0) is 75.7 Å². The minimum absolute atomic E-state index is 0.207. The molecule has 8 aromatic carbocycles. The molecular weight excluding hydrogens is 1000 g/mol. The number of hydrogen-bond acceptors (Lipinski definition) is 12. The molecule has 0 spiro atoms. The summed E-state index contributed by atoms with van der Waals surface area (Å²) in [5, 5.41) is 40.8. The molecule has 0 N–H and O–H groups in total. The summed E-state index contributed by atoms with van der Waals surface area (Å²) in [5.74, 6) is -7.37. The van der Waals surface area contributed by atoms with Crippen molar-refractivity contribution in [2.24, 2.45) is 0 Å².